The lowest BCUT2D eigenvalue weighted by Gasteiger charge is -2.32. The minimum atomic E-state index is -0.945. The summed E-state index contributed by atoms with van der Waals surface area (Å²) in [5, 5.41) is 9.14. The van der Waals surface area contributed by atoms with Gasteiger partial charge in [-0.3, -0.25) is 4.79 Å². The number of nitrogens with two attached hydrogens (primary N) is 1. The van der Waals surface area contributed by atoms with Crippen LogP contribution in [0.1, 0.15) is 31.2 Å². The fraction of sp³-hybridized carbons (Fsp3) is 0.500. The van der Waals surface area contributed by atoms with Crippen LogP contribution in [-0.4, -0.2) is 17.1 Å². The van der Waals surface area contributed by atoms with Crippen LogP contribution in [0.3, 0.4) is 0 Å². The molecule has 1 aromatic carbocycles. The lowest BCUT2D eigenvalue weighted by Crippen LogP contribution is -2.47. The number of carbonyl (C=O) groups is 1. The van der Waals surface area contributed by atoms with E-state index < -0.39 is 12.0 Å². The molecule has 1 aromatic rings. The largest absolute Gasteiger partial charge is 0.480 e. The molecule has 1 aliphatic carbocycles. The Kier molecular flexibility index (Phi) is 3.66. The van der Waals surface area contributed by atoms with Gasteiger partial charge in [-0.15, -0.1) is 0 Å². The van der Waals surface area contributed by atoms with Crippen molar-refractivity contribution in [3.63, 3.8) is 0 Å². The van der Waals surface area contributed by atoms with Gasteiger partial charge < -0.3 is 10.8 Å². The minimum absolute atomic E-state index is 0.276. The van der Waals surface area contributed by atoms with Gasteiger partial charge in [-0.25, -0.2) is 4.39 Å². The predicted octanol–water partition coefficient (Wildman–Crippen LogP) is 2.34. The topological polar surface area (TPSA) is 63.3 Å². The highest BCUT2D eigenvalue weighted by atomic mass is 19.1. The summed E-state index contributed by atoms with van der Waals surface area (Å²) >= 11 is 0. The van der Waals surface area contributed by atoms with E-state index in [0.29, 0.717) is 6.42 Å². The Labute approximate surface area is 106 Å². The van der Waals surface area contributed by atoms with Crippen LogP contribution in [0.15, 0.2) is 24.3 Å². The van der Waals surface area contributed by atoms with Crippen molar-refractivity contribution in [1.82, 2.24) is 0 Å². The average Bonchev–Trinajstić information content (AvgIpc) is 2.81. The molecule has 18 heavy (non-hydrogen) atoms. The number of carboxylic acid groups (broad SMARTS) is 1. The molecule has 1 atom stereocenters. The summed E-state index contributed by atoms with van der Waals surface area (Å²) in [6.45, 7) is 0. The number of rotatable bonds is 4. The van der Waals surface area contributed by atoms with Gasteiger partial charge in [0.15, 0.2) is 0 Å². The molecule has 0 saturated heterocycles. The maximum atomic E-state index is 12.9. The first-order valence-corrected chi connectivity index (χ1v) is 6.26. The second-order valence-corrected chi connectivity index (χ2v) is 5.19. The molecular weight excluding hydrogens is 233 g/mol. The maximum absolute atomic E-state index is 12.9. The van der Waals surface area contributed by atoms with Crippen molar-refractivity contribution in [2.24, 2.45) is 11.1 Å². The number of aliphatic carboxylic acids is 1. The Morgan fingerprint density at radius 3 is 2.39 bits per heavy atom. The van der Waals surface area contributed by atoms with E-state index in [9.17, 15) is 9.18 Å². The second-order valence-electron chi connectivity index (χ2n) is 5.19. The van der Waals surface area contributed by atoms with Crippen LogP contribution >= 0.6 is 0 Å². The zero-order chi connectivity index (χ0) is 13.2. The fourth-order valence-electron chi connectivity index (χ4n) is 2.95. The highest BCUT2D eigenvalue weighted by Gasteiger charge is 2.43. The molecule has 1 unspecified atom stereocenters. The summed E-state index contributed by atoms with van der Waals surface area (Å²) in [5.41, 5.74) is 6.44. The predicted molar refractivity (Wildman–Crippen MR) is 66.6 cm³/mol. The second kappa shape index (κ2) is 5.06. The molecule has 3 N–H and O–H groups in total. The Hall–Kier alpha value is -1.42. The van der Waals surface area contributed by atoms with Gasteiger partial charge in [0.1, 0.15) is 11.9 Å². The standard InChI is InChI=1S/C14H18FNO2/c15-11-5-3-10(4-6-11)9-14(7-1-2-8-14)12(16)13(17)18/h3-6,12H,1-2,7-9,16H2,(H,17,18). The highest BCUT2D eigenvalue weighted by Crippen LogP contribution is 2.43. The summed E-state index contributed by atoms with van der Waals surface area (Å²) < 4.78 is 12.9. The Morgan fingerprint density at radius 2 is 1.89 bits per heavy atom. The van der Waals surface area contributed by atoms with Crippen LogP contribution in [0.2, 0.25) is 0 Å². The molecule has 1 saturated carbocycles. The van der Waals surface area contributed by atoms with Crippen LogP contribution in [0.4, 0.5) is 4.39 Å². The van der Waals surface area contributed by atoms with Gasteiger partial charge in [-0.05, 0) is 37.0 Å². The molecule has 0 aromatic heterocycles. The van der Waals surface area contributed by atoms with Crippen molar-refractivity contribution in [3.05, 3.63) is 35.6 Å². The zero-order valence-electron chi connectivity index (χ0n) is 10.2. The van der Waals surface area contributed by atoms with Crippen LogP contribution in [0.25, 0.3) is 0 Å². The molecule has 1 aliphatic rings. The van der Waals surface area contributed by atoms with E-state index >= 15 is 0 Å². The molecule has 1 fully saturated rings. The van der Waals surface area contributed by atoms with E-state index in [1.165, 1.54) is 12.1 Å². The normalized spacial score (nSPS) is 19.7. The molecule has 4 heteroatoms. The molecule has 2 rings (SSSR count). The number of hydrogen-bond acceptors (Lipinski definition) is 2. The molecule has 0 radical (unpaired) electrons. The first kappa shape index (κ1) is 13.0. The van der Waals surface area contributed by atoms with E-state index in [1.807, 2.05) is 0 Å². The molecule has 0 aliphatic heterocycles. The lowest BCUT2D eigenvalue weighted by atomic mass is 9.74. The van der Waals surface area contributed by atoms with E-state index in [1.54, 1.807) is 12.1 Å². The number of hydrogen-bond donors (Lipinski definition) is 2. The van der Waals surface area contributed by atoms with E-state index in [-0.39, 0.29) is 11.2 Å². The summed E-state index contributed by atoms with van der Waals surface area (Å²) in [4.78, 5) is 11.2. The fourth-order valence-corrected chi connectivity index (χ4v) is 2.95. The first-order chi connectivity index (χ1) is 8.53. The Morgan fingerprint density at radius 1 is 1.33 bits per heavy atom. The first-order valence-electron chi connectivity index (χ1n) is 6.26. The van der Waals surface area contributed by atoms with Crippen molar-refractivity contribution in [3.8, 4) is 0 Å². The summed E-state index contributed by atoms with van der Waals surface area (Å²) in [7, 11) is 0. The van der Waals surface area contributed by atoms with Crippen molar-refractivity contribution in [1.29, 1.82) is 0 Å². The molecular formula is C14H18FNO2. The third-order valence-corrected chi connectivity index (χ3v) is 3.99. The van der Waals surface area contributed by atoms with E-state index in [0.717, 1.165) is 31.2 Å². The van der Waals surface area contributed by atoms with Gasteiger partial charge in [0.2, 0.25) is 0 Å². The Bertz CT molecular complexity index is 424. The van der Waals surface area contributed by atoms with Crippen LogP contribution < -0.4 is 5.73 Å². The number of carboxylic acids is 1. The third kappa shape index (κ3) is 2.53. The van der Waals surface area contributed by atoms with Gasteiger partial charge in [-0.2, -0.15) is 0 Å². The van der Waals surface area contributed by atoms with Crippen LogP contribution in [0.5, 0.6) is 0 Å². The smallest absolute Gasteiger partial charge is 0.321 e. The monoisotopic (exact) mass is 251 g/mol. The molecule has 0 heterocycles. The van der Waals surface area contributed by atoms with Crippen molar-refractivity contribution >= 4 is 5.97 Å². The van der Waals surface area contributed by atoms with Gasteiger partial charge >= 0.3 is 5.97 Å². The van der Waals surface area contributed by atoms with Crippen LogP contribution in [-0.2, 0) is 11.2 Å². The molecule has 3 nitrogen and oxygen atoms in total. The quantitative estimate of drug-likeness (QED) is 0.863. The molecule has 0 amide bonds. The van der Waals surface area contributed by atoms with Crippen molar-refractivity contribution in [2.75, 3.05) is 0 Å². The van der Waals surface area contributed by atoms with Crippen molar-refractivity contribution in [2.45, 2.75) is 38.1 Å². The van der Waals surface area contributed by atoms with E-state index in [4.69, 9.17) is 10.8 Å². The molecule has 0 bridgehead atoms. The average molecular weight is 251 g/mol. The lowest BCUT2D eigenvalue weighted by molar-refractivity contribution is -0.141. The maximum Gasteiger partial charge on any atom is 0.321 e. The van der Waals surface area contributed by atoms with Gasteiger partial charge in [-0.1, -0.05) is 25.0 Å². The summed E-state index contributed by atoms with van der Waals surface area (Å²) in [5.74, 6) is -1.22. The summed E-state index contributed by atoms with van der Waals surface area (Å²) in [6.07, 6.45) is 4.31. The van der Waals surface area contributed by atoms with Crippen LogP contribution in [0, 0.1) is 11.2 Å². The Balaban J connectivity index is 2.21. The van der Waals surface area contributed by atoms with E-state index in [2.05, 4.69) is 0 Å². The zero-order valence-corrected chi connectivity index (χ0v) is 10.2. The molecule has 0 spiro atoms. The minimum Gasteiger partial charge on any atom is -0.480 e. The van der Waals surface area contributed by atoms with Gasteiger partial charge in [0, 0.05) is 5.41 Å². The third-order valence-electron chi connectivity index (χ3n) is 3.99. The number of benzene rings is 1. The SMILES string of the molecule is NC(C(=O)O)C1(Cc2ccc(F)cc2)CCCC1. The highest BCUT2D eigenvalue weighted by molar-refractivity contribution is 5.74. The van der Waals surface area contributed by atoms with Crippen molar-refractivity contribution < 1.29 is 14.3 Å². The summed E-state index contributed by atoms with van der Waals surface area (Å²) in [6, 6.07) is 5.40. The van der Waals surface area contributed by atoms with Gasteiger partial charge in [0.05, 0.1) is 0 Å². The molecule has 98 valence electrons. The van der Waals surface area contributed by atoms with Gasteiger partial charge in [0.25, 0.3) is 0 Å². The number of halogens is 1.